The highest BCUT2D eigenvalue weighted by Crippen LogP contribution is 2.06. The predicted molar refractivity (Wildman–Crippen MR) is 92.6 cm³/mol. The summed E-state index contributed by atoms with van der Waals surface area (Å²) in [5.74, 6) is -0.196. The highest BCUT2D eigenvalue weighted by Gasteiger charge is 2.14. The summed E-state index contributed by atoms with van der Waals surface area (Å²) in [4.78, 5) is 12.1. The largest absolute Gasteiger partial charge is 0.351 e. The summed E-state index contributed by atoms with van der Waals surface area (Å²) in [6, 6.07) is 11.2. The zero-order valence-corrected chi connectivity index (χ0v) is 14.7. The average molecular weight is 350 g/mol. The lowest BCUT2D eigenvalue weighted by atomic mass is 10.3. The molecule has 0 radical (unpaired) electrons. The van der Waals surface area contributed by atoms with Crippen molar-refractivity contribution < 1.29 is 13.2 Å². The smallest absolute Gasteiger partial charge is 0.271 e. The lowest BCUT2D eigenvalue weighted by molar-refractivity contribution is 0.0947. The molecule has 1 aromatic carbocycles. The quantitative estimate of drug-likeness (QED) is 0.727. The summed E-state index contributed by atoms with van der Waals surface area (Å²) in [6.45, 7) is 2.37. The van der Waals surface area contributed by atoms with E-state index in [0.29, 0.717) is 25.2 Å². The molecular weight excluding hydrogens is 328 g/mol. The van der Waals surface area contributed by atoms with Gasteiger partial charge in [-0.1, -0.05) is 18.2 Å². The number of rotatable bonds is 8. The molecule has 0 bridgehead atoms. The number of hydrogen-bond acceptors (Lipinski definition) is 4. The van der Waals surface area contributed by atoms with Crippen LogP contribution in [0.3, 0.4) is 0 Å². The molecule has 24 heavy (non-hydrogen) atoms. The molecule has 1 N–H and O–H groups in total. The van der Waals surface area contributed by atoms with E-state index in [-0.39, 0.29) is 11.7 Å². The van der Waals surface area contributed by atoms with E-state index in [0.717, 1.165) is 5.69 Å². The van der Waals surface area contributed by atoms with Crippen LogP contribution in [0.5, 0.6) is 0 Å². The maximum absolute atomic E-state index is 12.1. The van der Waals surface area contributed by atoms with Gasteiger partial charge in [-0.05, 0) is 31.5 Å². The summed E-state index contributed by atoms with van der Waals surface area (Å²) in [5, 5.41) is 7.00. The Hall–Kier alpha value is -2.19. The van der Waals surface area contributed by atoms with Crippen LogP contribution in [0.25, 0.3) is 5.69 Å². The van der Waals surface area contributed by atoms with Gasteiger partial charge in [0.25, 0.3) is 5.91 Å². The van der Waals surface area contributed by atoms with Crippen molar-refractivity contribution in [1.82, 2.24) is 19.4 Å². The van der Waals surface area contributed by atoms with E-state index in [1.54, 1.807) is 30.9 Å². The van der Waals surface area contributed by atoms with Gasteiger partial charge in [-0.3, -0.25) is 4.79 Å². The third kappa shape index (κ3) is 4.65. The van der Waals surface area contributed by atoms with Crippen molar-refractivity contribution in [3.8, 4) is 5.69 Å². The number of aromatic nitrogens is 2. The Kier molecular flexibility index (Phi) is 6.10. The van der Waals surface area contributed by atoms with Crippen LogP contribution in [-0.2, 0) is 10.0 Å². The van der Waals surface area contributed by atoms with Crippen LogP contribution < -0.4 is 5.32 Å². The first-order valence-corrected chi connectivity index (χ1v) is 9.38. The predicted octanol–water partition coefficient (Wildman–Crippen LogP) is 1.27. The minimum absolute atomic E-state index is 0.0762. The zero-order chi connectivity index (χ0) is 17.6. The van der Waals surface area contributed by atoms with Gasteiger partial charge < -0.3 is 5.32 Å². The van der Waals surface area contributed by atoms with Crippen molar-refractivity contribution in [1.29, 1.82) is 0 Å². The highest BCUT2D eigenvalue weighted by molar-refractivity contribution is 7.89. The summed E-state index contributed by atoms with van der Waals surface area (Å²) in [7, 11) is -1.63. The molecular formula is C16H22N4O3S. The van der Waals surface area contributed by atoms with Gasteiger partial charge in [0, 0.05) is 26.3 Å². The second-order valence-corrected chi connectivity index (χ2v) is 7.68. The first kappa shape index (κ1) is 18.2. The summed E-state index contributed by atoms with van der Waals surface area (Å²) >= 11 is 0. The van der Waals surface area contributed by atoms with Gasteiger partial charge in [0.2, 0.25) is 10.0 Å². The van der Waals surface area contributed by atoms with Gasteiger partial charge in [0.05, 0.1) is 11.4 Å². The van der Waals surface area contributed by atoms with Crippen molar-refractivity contribution in [2.24, 2.45) is 0 Å². The molecule has 0 saturated heterocycles. The molecule has 0 aliphatic heterocycles. The fourth-order valence-corrected chi connectivity index (χ4v) is 2.97. The van der Waals surface area contributed by atoms with Gasteiger partial charge in [-0.25, -0.2) is 17.4 Å². The SMILES string of the molecule is CCS(=O)(=O)N(C)CCCNC(=O)c1ccn(-c2ccccc2)n1. The van der Waals surface area contributed by atoms with E-state index in [2.05, 4.69) is 10.4 Å². The third-order valence-corrected chi connectivity index (χ3v) is 5.48. The highest BCUT2D eigenvalue weighted by atomic mass is 32.2. The second-order valence-electron chi connectivity index (χ2n) is 5.31. The molecule has 0 fully saturated rings. The van der Waals surface area contributed by atoms with Crippen LogP contribution in [0.15, 0.2) is 42.6 Å². The maximum atomic E-state index is 12.1. The van der Waals surface area contributed by atoms with E-state index in [4.69, 9.17) is 0 Å². The number of sulfonamides is 1. The van der Waals surface area contributed by atoms with Crippen molar-refractivity contribution in [3.05, 3.63) is 48.3 Å². The van der Waals surface area contributed by atoms with Gasteiger partial charge in [-0.2, -0.15) is 5.10 Å². The van der Waals surface area contributed by atoms with Gasteiger partial charge in [0.1, 0.15) is 0 Å². The Bertz CT molecular complexity index is 772. The van der Waals surface area contributed by atoms with E-state index in [9.17, 15) is 13.2 Å². The van der Waals surface area contributed by atoms with Crippen LogP contribution in [0.1, 0.15) is 23.8 Å². The molecule has 130 valence electrons. The van der Waals surface area contributed by atoms with Crippen molar-refractivity contribution in [2.45, 2.75) is 13.3 Å². The van der Waals surface area contributed by atoms with Crippen LogP contribution in [0.2, 0.25) is 0 Å². The summed E-state index contributed by atoms with van der Waals surface area (Å²) < 4.78 is 26.2. The number of carbonyl (C=O) groups excluding carboxylic acids is 1. The number of carbonyl (C=O) groups is 1. The Morgan fingerprint density at radius 1 is 1.25 bits per heavy atom. The molecule has 0 unspecified atom stereocenters. The molecule has 2 aromatic rings. The normalized spacial score (nSPS) is 11.6. The number of amides is 1. The molecule has 0 atom stereocenters. The molecule has 0 saturated carbocycles. The minimum Gasteiger partial charge on any atom is -0.351 e. The maximum Gasteiger partial charge on any atom is 0.271 e. The molecule has 1 heterocycles. The molecule has 7 nitrogen and oxygen atoms in total. The fraction of sp³-hybridized carbons (Fsp3) is 0.375. The Morgan fingerprint density at radius 3 is 2.62 bits per heavy atom. The minimum atomic E-state index is -3.17. The molecule has 8 heteroatoms. The van der Waals surface area contributed by atoms with Crippen molar-refractivity contribution >= 4 is 15.9 Å². The van der Waals surface area contributed by atoms with E-state index >= 15 is 0 Å². The van der Waals surface area contributed by atoms with E-state index < -0.39 is 10.0 Å². The standard InChI is InChI=1S/C16H22N4O3S/c1-3-24(22,23)19(2)12-7-11-17-16(21)15-10-13-20(18-15)14-8-5-4-6-9-14/h4-6,8-10,13H,3,7,11-12H2,1-2H3,(H,17,21). The Balaban J connectivity index is 1.83. The molecule has 0 aliphatic carbocycles. The van der Waals surface area contributed by atoms with Crippen molar-refractivity contribution in [2.75, 3.05) is 25.9 Å². The molecule has 2 rings (SSSR count). The van der Waals surface area contributed by atoms with E-state index in [1.165, 1.54) is 4.31 Å². The average Bonchev–Trinajstić information content (AvgIpc) is 3.09. The first-order valence-electron chi connectivity index (χ1n) is 7.77. The second kappa shape index (κ2) is 8.07. The molecule has 0 spiro atoms. The van der Waals surface area contributed by atoms with Gasteiger partial charge in [-0.15, -0.1) is 0 Å². The fourth-order valence-electron chi connectivity index (χ4n) is 2.12. The van der Waals surface area contributed by atoms with Gasteiger partial charge in [0.15, 0.2) is 5.69 Å². The Morgan fingerprint density at radius 2 is 1.96 bits per heavy atom. The summed E-state index contributed by atoms with van der Waals surface area (Å²) in [5.41, 5.74) is 1.20. The van der Waals surface area contributed by atoms with Crippen LogP contribution in [0, 0.1) is 0 Å². The first-order chi connectivity index (χ1) is 11.4. The number of nitrogens with one attached hydrogen (secondary N) is 1. The lowest BCUT2D eigenvalue weighted by Gasteiger charge is -2.15. The van der Waals surface area contributed by atoms with Crippen LogP contribution in [0.4, 0.5) is 0 Å². The molecule has 0 aliphatic rings. The third-order valence-electron chi connectivity index (χ3n) is 3.62. The number of para-hydroxylation sites is 1. The van der Waals surface area contributed by atoms with Crippen LogP contribution in [-0.4, -0.2) is 54.3 Å². The van der Waals surface area contributed by atoms with Crippen LogP contribution >= 0.6 is 0 Å². The topological polar surface area (TPSA) is 84.3 Å². The van der Waals surface area contributed by atoms with Crippen molar-refractivity contribution in [3.63, 3.8) is 0 Å². The lowest BCUT2D eigenvalue weighted by Crippen LogP contribution is -2.32. The summed E-state index contributed by atoms with van der Waals surface area (Å²) in [6.07, 6.45) is 2.27. The Labute approximate surface area is 142 Å². The number of hydrogen-bond donors (Lipinski definition) is 1. The van der Waals surface area contributed by atoms with E-state index in [1.807, 2.05) is 30.3 Å². The molecule has 1 amide bonds. The number of benzene rings is 1. The molecule has 1 aromatic heterocycles. The zero-order valence-electron chi connectivity index (χ0n) is 13.8. The number of nitrogens with zero attached hydrogens (tertiary/aromatic N) is 3. The van der Waals surface area contributed by atoms with Gasteiger partial charge >= 0.3 is 0 Å². The monoisotopic (exact) mass is 350 g/mol.